The molecule has 0 spiro atoms. The molecule has 0 atom stereocenters. The van der Waals surface area contributed by atoms with Crippen molar-refractivity contribution in [1.29, 1.82) is 0 Å². The van der Waals surface area contributed by atoms with E-state index in [0.29, 0.717) is 5.92 Å². The molecule has 0 saturated heterocycles. The molecule has 0 amide bonds. The maximum absolute atomic E-state index is 4.51. The average Bonchev–Trinajstić information content (AvgIpc) is 3.04. The summed E-state index contributed by atoms with van der Waals surface area (Å²) < 4.78 is 1.86. The molecule has 0 unspecified atom stereocenters. The average molecular weight is 201 g/mol. The first-order valence-electron chi connectivity index (χ1n) is 5.01. The summed E-state index contributed by atoms with van der Waals surface area (Å²) in [6.07, 6.45) is 7.45. The van der Waals surface area contributed by atoms with Gasteiger partial charge in [-0.05, 0) is 12.8 Å². The van der Waals surface area contributed by atoms with E-state index < -0.39 is 0 Å². The molecule has 1 aliphatic carbocycles. The minimum atomic E-state index is 0.612. The predicted octanol–water partition coefficient (Wildman–Crippen LogP) is 1.15. The molecule has 2 aromatic rings. The molecule has 2 heterocycles. The van der Waals surface area contributed by atoms with Gasteiger partial charge in [-0.1, -0.05) is 0 Å². The van der Waals surface area contributed by atoms with Crippen molar-refractivity contribution >= 4 is 0 Å². The summed E-state index contributed by atoms with van der Waals surface area (Å²) in [5, 5.41) is 4.37. The molecule has 0 bridgehead atoms. The third-order valence-corrected chi connectivity index (χ3v) is 2.56. The number of rotatable bonds is 2. The van der Waals surface area contributed by atoms with Gasteiger partial charge in [0.25, 0.3) is 0 Å². The molecule has 0 aromatic carbocycles. The van der Waals surface area contributed by atoms with Crippen LogP contribution in [0.5, 0.6) is 0 Å². The Hall–Kier alpha value is -1.78. The maximum atomic E-state index is 4.51. The normalized spacial score (nSPS) is 15.5. The summed E-state index contributed by atoms with van der Waals surface area (Å²) in [6.45, 7) is 0. The first-order chi connectivity index (χ1) is 7.34. The van der Waals surface area contributed by atoms with Gasteiger partial charge in [0, 0.05) is 25.4 Å². The lowest BCUT2D eigenvalue weighted by Crippen LogP contribution is -1.96. The van der Waals surface area contributed by atoms with E-state index in [1.54, 1.807) is 12.4 Å². The molecule has 76 valence electrons. The van der Waals surface area contributed by atoms with Crippen molar-refractivity contribution in [2.45, 2.75) is 18.8 Å². The van der Waals surface area contributed by atoms with E-state index in [-0.39, 0.29) is 0 Å². The van der Waals surface area contributed by atoms with Gasteiger partial charge >= 0.3 is 0 Å². The maximum Gasteiger partial charge on any atom is 0.184 e. The number of hydrogen-bond acceptors (Lipinski definition) is 4. The van der Waals surface area contributed by atoms with Crippen LogP contribution in [0.1, 0.15) is 24.6 Å². The van der Waals surface area contributed by atoms with Crippen LogP contribution in [-0.2, 0) is 7.05 Å². The van der Waals surface area contributed by atoms with Crippen LogP contribution in [0.3, 0.4) is 0 Å². The Morgan fingerprint density at radius 3 is 2.67 bits per heavy atom. The van der Waals surface area contributed by atoms with Crippen LogP contribution < -0.4 is 0 Å². The second kappa shape index (κ2) is 3.12. The molecule has 1 aliphatic rings. The zero-order valence-electron chi connectivity index (χ0n) is 8.46. The highest BCUT2D eigenvalue weighted by Crippen LogP contribution is 2.39. The van der Waals surface area contributed by atoms with Crippen molar-refractivity contribution < 1.29 is 0 Å². The first-order valence-corrected chi connectivity index (χ1v) is 5.01. The molecular formula is C10H11N5. The Morgan fingerprint density at radius 2 is 2.00 bits per heavy atom. The summed E-state index contributed by atoms with van der Waals surface area (Å²) in [5.41, 5.74) is 0.875. The van der Waals surface area contributed by atoms with E-state index >= 15 is 0 Å². The van der Waals surface area contributed by atoms with Crippen molar-refractivity contribution in [3.8, 4) is 11.4 Å². The SMILES string of the molecule is Cn1nc(-c2cncnc2)nc1C1CC1. The minimum absolute atomic E-state index is 0.612. The van der Waals surface area contributed by atoms with E-state index in [1.807, 2.05) is 11.7 Å². The summed E-state index contributed by atoms with van der Waals surface area (Å²) in [6, 6.07) is 0. The van der Waals surface area contributed by atoms with Crippen LogP contribution in [0.25, 0.3) is 11.4 Å². The Bertz CT molecular complexity index is 472. The second-order valence-electron chi connectivity index (χ2n) is 3.82. The van der Waals surface area contributed by atoms with E-state index in [9.17, 15) is 0 Å². The Labute approximate surface area is 87.2 Å². The van der Waals surface area contributed by atoms with Crippen molar-refractivity contribution in [3.05, 3.63) is 24.5 Å². The minimum Gasteiger partial charge on any atom is -0.252 e. The predicted molar refractivity (Wildman–Crippen MR) is 54.0 cm³/mol. The molecule has 1 saturated carbocycles. The fourth-order valence-corrected chi connectivity index (χ4v) is 1.63. The topological polar surface area (TPSA) is 56.5 Å². The quantitative estimate of drug-likeness (QED) is 0.731. The van der Waals surface area contributed by atoms with Gasteiger partial charge in [-0.15, -0.1) is 0 Å². The number of hydrogen-bond donors (Lipinski definition) is 0. The number of nitrogens with zero attached hydrogens (tertiary/aromatic N) is 5. The van der Waals surface area contributed by atoms with E-state index in [1.165, 1.54) is 19.2 Å². The van der Waals surface area contributed by atoms with Gasteiger partial charge in [0.1, 0.15) is 12.2 Å². The molecule has 0 aliphatic heterocycles. The fraction of sp³-hybridized carbons (Fsp3) is 0.400. The van der Waals surface area contributed by atoms with Gasteiger partial charge in [0.15, 0.2) is 5.82 Å². The zero-order valence-corrected chi connectivity index (χ0v) is 8.46. The van der Waals surface area contributed by atoms with Gasteiger partial charge in [0.2, 0.25) is 0 Å². The van der Waals surface area contributed by atoms with Crippen LogP contribution in [0.4, 0.5) is 0 Å². The Morgan fingerprint density at radius 1 is 1.27 bits per heavy atom. The fourth-order valence-electron chi connectivity index (χ4n) is 1.63. The summed E-state index contributed by atoms with van der Waals surface area (Å²) in [4.78, 5) is 12.4. The lowest BCUT2D eigenvalue weighted by molar-refractivity contribution is 0.705. The molecular weight excluding hydrogens is 190 g/mol. The largest absolute Gasteiger partial charge is 0.252 e. The standard InChI is InChI=1S/C10H11N5/c1-15-10(7-2-3-7)13-9(14-15)8-4-11-6-12-5-8/h4-7H,2-3H2,1H3. The zero-order chi connectivity index (χ0) is 10.3. The van der Waals surface area contributed by atoms with E-state index in [0.717, 1.165) is 17.2 Å². The van der Waals surface area contributed by atoms with Crippen molar-refractivity contribution in [2.24, 2.45) is 7.05 Å². The molecule has 3 rings (SSSR count). The molecule has 15 heavy (non-hydrogen) atoms. The summed E-state index contributed by atoms with van der Waals surface area (Å²) in [7, 11) is 1.94. The van der Waals surface area contributed by atoms with Crippen molar-refractivity contribution in [2.75, 3.05) is 0 Å². The van der Waals surface area contributed by atoms with Crippen LogP contribution in [0.15, 0.2) is 18.7 Å². The highest BCUT2D eigenvalue weighted by Gasteiger charge is 2.29. The number of aryl methyl sites for hydroxylation is 1. The second-order valence-corrected chi connectivity index (χ2v) is 3.82. The van der Waals surface area contributed by atoms with Crippen LogP contribution >= 0.6 is 0 Å². The van der Waals surface area contributed by atoms with E-state index in [2.05, 4.69) is 20.1 Å². The van der Waals surface area contributed by atoms with Crippen molar-refractivity contribution in [3.63, 3.8) is 0 Å². The van der Waals surface area contributed by atoms with E-state index in [4.69, 9.17) is 0 Å². The molecule has 5 heteroatoms. The van der Waals surface area contributed by atoms with Gasteiger partial charge in [-0.25, -0.2) is 15.0 Å². The lowest BCUT2D eigenvalue weighted by Gasteiger charge is -1.92. The Kier molecular flexibility index (Phi) is 1.77. The Balaban J connectivity index is 2.02. The van der Waals surface area contributed by atoms with Gasteiger partial charge in [-0.3, -0.25) is 4.68 Å². The summed E-state index contributed by atoms with van der Waals surface area (Å²) in [5.74, 6) is 2.41. The van der Waals surface area contributed by atoms with Crippen molar-refractivity contribution in [1.82, 2.24) is 24.7 Å². The highest BCUT2D eigenvalue weighted by molar-refractivity contribution is 5.51. The number of aromatic nitrogens is 5. The molecule has 0 N–H and O–H groups in total. The first kappa shape index (κ1) is 8.52. The third kappa shape index (κ3) is 1.49. The van der Waals surface area contributed by atoms with Gasteiger partial charge in [-0.2, -0.15) is 5.10 Å². The molecule has 0 radical (unpaired) electrons. The third-order valence-electron chi connectivity index (χ3n) is 2.56. The van der Waals surface area contributed by atoms with Gasteiger partial charge < -0.3 is 0 Å². The molecule has 2 aromatic heterocycles. The van der Waals surface area contributed by atoms with Crippen LogP contribution in [-0.4, -0.2) is 24.7 Å². The molecule has 5 nitrogen and oxygen atoms in total. The smallest absolute Gasteiger partial charge is 0.184 e. The monoisotopic (exact) mass is 201 g/mol. The highest BCUT2D eigenvalue weighted by atomic mass is 15.3. The lowest BCUT2D eigenvalue weighted by atomic mass is 10.3. The molecule has 1 fully saturated rings. The van der Waals surface area contributed by atoms with Crippen LogP contribution in [0, 0.1) is 0 Å². The van der Waals surface area contributed by atoms with Gasteiger partial charge in [0.05, 0.1) is 5.56 Å². The summed E-state index contributed by atoms with van der Waals surface area (Å²) >= 11 is 0. The van der Waals surface area contributed by atoms with Crippen LogP contribution in [0.2, 0.25) is 0 Å².